The van der Waals surface area contributed by atoms with E-state index in [1.54, 1.807) is 18.2 Å². The summed E-state index contributed by atoms with van der Waals surface area (Å²) < 4.78 is 42.9. The van der Waals surface area contributed by atoms with Gasteiger partial charge in [-0.3, -0.25) is 10.1 Å². The molecule has 1 heterocycles. The van der Waals surface area contributed by atoms with Gasteiger partial charge in [0.05, 0.1) is 12.0 Å². The number of nitro benzene ring substituents is 1. The van der Waals surface area contributed by atoms with E-state index in [1.807, 2.05) is 0 Å². The number of nitrogens with one attached hydrogen (secondary N) is 1. The number of benzene rings is 2. The molecule has 0 unspecified atom stereocenters. The lowest BCUT2D eigenvalue weighted by molar-refractivity contribution is -0.385. The molecule has 0 amide bonds. The Bertz CT molecular complexity index is 927. The molecule has 1 N–H and O–H groups in total. The van der Waals surface area contributed by atoms with E-state index in [0.717, 1.165) is 6.07 Å². The number of methoxy groups -OCH3 is 1. The van der Waals surface area contributed by atoms with Gasteiger partial charge in [0.1, 0.15) is 10.6 Å². The average molecular weight is 366 g/mol. The van der Waals surface area contributed by atoms with Crippen molar-refractivity contribution in [1.82, 2.24) is 4.72 Å². The van der Waals surface area contributed by atoms with Crippen molar-refractivity contribution in [1.29, 1.82) is 0 Å². The minimum Gasteiger partial charge on any atom is -0.495 e. The zero-order valence-electron chi connectivity index (χ0n) is 13.1. The highest BCUT2D eigenvalue weighted by molar-refractivity contribution is 7.89. The van der Waals surface area contributed by atoms with E-state index in [1.165, 1.54) is 19.2 Å². The van der Waals surface area contributed by atoms with E-state index >= 15 is 0 Å². The lowest BCUT2D eigenvalue weighted by atomic mass is 10.2. The van der Waals surface area contributed by atoms with Gasteiger partial charge in [-0.1, -0.05) is 6.07 Å². The molecule has 0 saturated heterocycles. The summed E-state index contributed by atoms with van der Waals surface area (Å²) in [6, 6.07) is 8.42. The molecule has 0 bridgehead atoms. The summed E-state index contributed by atoms with van der Waals surface area (Å²) in [5.41, 5.74) is 0.307. The Labute approximate surface area is 143 Å². The molecular weight excluding hydrogens is 352 g/mol. The van der Waals surface area contributed by atoms with Gasteiger partial charge in [-0.05, 0) is 23.8 Å². The van der Waals surface area contributed by atoms with E-state index < -0.39 is 14.9 Å². The quantitative estimate of drug-likeness (QED) is 0.612. The highest BCUT2D eigenvalue weighted by Gasteiger charge is 2.23. The topological polar surface area (TPSA) is 117 Å². The van der Waals surface area contributed by atoms with Gasteiger partial charge < -0.3 is 14.2 Å². The van der Waals surface area contributed by atoms with E-state index in [4.69, 9.17) is 14.2 Å². The fourth-order valence-corrected chi connectivity index (χ4v) is 3.50. The van der Waals surface area contributed by atoms with E-state index in [0.29, 0.717) is 17.1 Å². The first kappa shape index (κ1) is 17.0. The molecule has 9 nitrogen and oxygen atoms in total. The molecule has 132 valence electrons. The standard InChI is InChI=1S/C15H14N2O7S/c1-22-13-5-3-11(17(18)19)7-15(13)25(20,21)16-8-10-2-4-12-14(6-10)24-9-23-12/h2-7,16H,8-9H2,1H3. The molecule has 10 heteroatoms. The molecule has 1 aliphatic heterocycles. The van der Waals surface area contributed by atoms with Crippen molar-refractivity contribution in [3.8, 4) is 17.2 Å². The van der Waals surface area contributed by atoms with Crippen LogP contribution in [0, 0.1) is 10.1 Å². The molecule has 0 saturated carbocycles. The Kier molecular flexibility index (Phi) is 4.47. The van der Waals surface area contributed by atoms with E-state index in [2.05, 4.69) is 4.72 Å². The second-order valence-electron chi connectivity index (χ2n) is 5.10. The first-order chi connectivity index (χ1) is 11.9. The zero-order chi connectivity index (χ0) is 18.0. The number of ether oxygens (including phenoxy) is 3. The van der Waals surface area contributed by atoms with Crippen LogP contribution in [0.3, 0.4) is 0 Å². The second-order valence-corrected chi connectivity index (χ2v) is 6.84. The molecular formula is C15H14N2O7S. The Hall–Kier alpha value is -2.85. The lowest BCUT2D eigenvalue weighted by Crippen LogP contribution is -2.23. The van der Waals surface area contributed by atoms with E-state index in [-0.39, 0.29) is 29.7 Å². The molecule has 0 aromatic heterocycles. The minimum absolute atomic E-state index is 0.0174. The molecule has 0 aliphatic carbocycles. The molecule has 2 aromatic rings. The van der Waals surface area contributed by atoms with Crippen LogP contribution in [-0.2, 0) is 16.6 Å². The summed E-state index contributed by atoms with van der Waals surface area (Å²) in [5.74, 6) is 1.14. The normalized spacial score (nSPS) is 12.8. The molecule has 0 spiro atoms. The summed E-state index contributed by atoms with van der Waals surface area (Å²) >= 11 is 0. The van der Waals surface area contributed by atoms with Crippen LogP contribution in [0.1, 0.15) is 5.56 Å². The van der Waals surface area contributed by atoms with Gasteiger partial charge in [0, 0.05) is 18.7 Å². The van der Waals surface area contributed by atoms with Gasteiger partial charge in [0.2, 0.25) is 16.8 Å². The summed E-state index contributed by atoms with van der Waals surface area (Å²) in [5, 5.41) is 10.9. The summed E-state index contributed by atoms with van der Waals surface area (Å²) in [4.78, 5) is 9.92. The van der Waals surface area contributed by atoms with Gasteiger partial charge in [-0.2, -0.15) is 0 Å². The highest BCUT2D eigenvalue weighted by Crippen LogP contribution is 2.33. The SMILES string of the molecule is COc1ccc([N+](=O)[O-])cc1S(=O)(=O)NCc1ccc2c(c1)OCO2. The predicted molar refractivity (Wildman–Crippen MR) is 86.2 cm³/mol. The third-order valence-corrected chi connectivity index (χ3v) is 4.97. The van der Waals surface area contributed by atoms with E-state index in [9.17, 15) is 18.5 Å². The zero-order valence-corrected chi connectivity index (χ0v) is 13.9. The van der Waals surface area contributed by atoms with Crippen LogP contribution in [0.4, 0.5) is 5.69 Å². The van der Waals surface area contributed by atoms with Crippen LogP contribution >= 0.6 is 0 Å². The number of nitrogens with zero attached hydrogens (tertiary/aromatic N) is 1. The number of hydrogen-bond acceptors (Lipinski definition) is 7. The van der Waals surface area contributed by atoms with Crippen LogP contribution < -0.4 is 18.9 Å². The van der Waals surface area contributed by atoms with Gasteiger partial charge in [-0.15, -0.1) is 0 Å². The average Bonchev–Trinajstić information content (AvgIpc) is 3.07. The summed E-state index contributed by atoms with van der Waals surface area (Å²) in [7, 11) is -2.73. The Balaban J connectivity index is 1.84. The van der Waals surface area contributed by atoms with Crippen LogP contribution in [0.5, 0.6) is 17.2 Å². The van der Waals surface area contributed by atoms with Crippen molar-refractivity contribution < 1.29 is 27.6 Å². The van der Waals surface area contributed by atoms with Crippen LogP contribution in [0.25, 0.3) is 0 Å². The van der Waals surface area contributed by atoms with Crippen molar-refractivity contribution in [3.05, 3.63) is 52.1 Å². The summed E-state index contributed by atoms with van der Waals surface area (Å²) in [6.45, 7) is 0.0974. The number of sulfonamides is 1. The molecule has 1 aliphatic rings. The van der Waals surface area contributed by atoms with Gasteiger partial charge in [0.25, 0.3) is 5.69 Å². The van der Waals surface area contributed by atoms with Crippen LogP contribution in [0.2, 0.25) is 0 Å². The smallest absolute Gasteiger partial charge is 0.271 e. The molecule has 3 rings (SSSR count). The molecule has 25 heavy (non-hydrogen) atoms. The molecule has 0 atom stereocenters. The third kappa shape index (κ3) is 3.49. The van der Waals surface area contributed by atoms with Crippen molar-refractivity contribution in [2.45, 2.75) is 11.4 Å². The van der Waals surface area contributed by atoms with Crippen molar-refractivity contribution in [2.75, 3.05) is 13.9 Å². The first-order valence-corrected chi connectivity index (χ1v) is 8.59. The van der Waals surface area contributed by atoms with Crippen LogP contribution in [0.15, 0.2) is 41.3 Å². The monoisotopic (exact) mass is 366 g/mol. The van der Waals surface area contributed by atoms with Crippen molar-refractivity contribution in [3.63, 3.8) is 0 Å². The number of nitro groups is 1. The summed E-state index contributed by atoms with van der Waals surface area (Å²) in [6.07, 6.45) is 0. The molecule has 0 radical (unpaired) electrons. The van der Waals surface area contributed by atoms with Gasteiger partial charge in [0.15, 0.2) is 11.5 Å². The maximum absolute atomic E-state index is 12.5. The van der Waals surface area contributed by atoms with Gasteiger partial charge >= 0.3 is 0 Å². The Morgan fingerprint density at radius 1 is 1.20 bits per heavy atom. The second kappa shape index (κ2) is 6.57. The number of hydrogen-bond donors (Lipinski definition) is 1. The molecule has 0 fully saturated rings. The predicted octanol–water partition coefficient (Wildman–Crippen LogP) is 1.81. The fraction of sp³-hybridized carbons (Fsp3) is 0.200. The first-order valence-electron chi connectivity index (χ1n) is 7.11. The largest absolute Gasteiger partial charge is 0.495 e. The van der Waals surface area contributed by atoms with Gasteiger partial charge in [-0.25, -0.2) is 13.1 Å². The maximum atomic E-state index is 12.5. The molecule has 2 aromatic carbocycles. The minimum atomic E-state index is -4.02. The Morgan fingerprint density at radius 2 is 1.96 bits per heavy atom. The number of rotatable bonds is 6. The number of non-ortho nitro benzene ring substituents is 1. The maximum Gasteiger partial charge on any atom is 0.271 e. The van der Waals surface area contributed by atoms with Crippen LogP contribution in [-0.4, -0.2) is 27.2 Å². The highest BCUT2D eigenvalue weighted by atomic mass is 32.2. The Morgan fingerprint density at radius 3 is 2.68 bits per heavy atom. The number of fused-ring (bicyclic) bond motifs is 1. The van der Waals surface area contributed by atoms with Crippen molar-refractivity contribution >= 4 is 15.7 Å². The third-order valence-electron chi connectivity index (χ3n) is 3.55. The van der Waals surface area contributed by atoms with Crippen molar-refractivity contribution in [2.24, 2.45) is 0 Å². The lowest BCUT2D eigenvalue weighted by Gasteiger charge is -2.11. The fourth-order valence-electron chi connectivity index (χ4n) is 2.30.